The molecule has 42 heavy (non-hydrogen) atoms. The minimum Gasteiger partial charge on any atom is -0.476 e. The van der Waals surface area contributed by atoms with E-state index in [0.29, 0.717) is 22.1 Å². The Labute approximate surface area is 256 Å². The minimum absolute atomic E-state index is 0.0603. The molecule has 0 radical (unpaired) electrons. The Morgan fingerprint density at radius 3 is 2.17 bits per heavy atom. The monoisotopic (exact) mass is 609 g/mol. The third kappa shape index (κ3) is 7.86. The van der Waals surface area contributed by atoms with Crippen molar-refractivity contribution in [3.63, 3.8) is 0 Å². The summed E-state index contributed by atoms with van der Waals surface area (Å²) in [6.07, 6.45) is 1.43. The van der Waals surface area contributed by atoms with Crippen LogP contribution in [-0.2, 0) is 9.53 Å². The van der Waals surface area contributed by atoms with E-state index in [9.17, 15) is 14.4 Å². The van der Waals surface area contributed by atoms with Crippen LogP contribution in [0.5, 0.6) is 11.5 Å². The Bertz CT molecular complexity index is 1430. The van der Waals surface area contributed by atoms with Crippen molar-refractivity contribution in [2.24, 2.45) is 5.92 Å². The molecule has 0 aromatic heterocycles. The molecule has 0 bridgehead atoms. The molecule has 1 amide bonds. The number of carbonyl (C=O) groups is 3. The second kappa shape index (κ2) is 12.8. The molecule has 1 heterocycles. The third-order valence-electron chi connectivity index (χ3n) is 6.86. The van der Waals surface area contributed by atoms with Gasteiger partial charge in [0.1, 0.15) is 17.1 Å². The van der Waals surface area contributed by atoms with Gasteiger partial charge in [0.15, 0.2) is 11.4 Å². The maximum atomic E-state index is 13.8. The molecule has 0 unspecified atom stereocenters. The molecular formula is C33H36ClNO6S. The molecule has 9 heteroatoms. The number of thioether (sulfide) groups is 1. The zero-order valence-electron chi connectivity index (χ0n) is 24.7. The van der Waals surface area contributed by atoms with E-state index in [1.165, 1.54) is 0 Å². The summed E-state index contributed by atoms with van der Waals surface area (Å²) in [5.41, 5.74) is -0.512. The van der Waals surface area contributed by atoms with Crippen molar-refractivity contribution in [2.75, 3.05) is 19.3 Å². The van der Waals surface area contributed by atoms with Crippen LogP contribution in [0.1, 0.15) is 56.5 Å². The number of hydrogen-bond acceptors (Lipinski definition) is 7. The average molecular weight is 610 g/mol. The van der Waals surface area contributed by atoms with Gasteiger partial charge in [0.05, 0.1) is 0 Å². The molecule has 3 aromatic carbocycles. The Hall–Kier alpha value is -3.49. The first kappa shape index (κ1) is 31.4. The molecule has 1 fully saturated rings. The van der Waals surface area contributed by atoms with Crippen molar-refractivity contribution >= 4 is 41.2 Å². The molecule has 0 N–H and O–H groups in total. The Morgan fingerprint density at radius 2 is 1.55 bits per heavy atom. The number of benzene rings is 3. The van der Waals surface area contributed by atoms with E-state index in [2.05, 4.69) is 0 Å². The second-order valence-electron chi connectivity index (χ2n) is 11.7. The highest BCUT2D eigenvalue weighted by Gasteiger charge is 2.42. The van der Waals surface area contributed by atoms with Gasteiger partial charge >= 0.3 is 12.1 Å². The summed E-state index contributed by atoms with van der Waals surface area (Å²) >= 11 is 7.57. The number of rotatable bonds is 8. The van der Waals surface area contributed by atoms with E-state index in [1.54, 1.807) is 81.6 Å². The van der Waals surface area contributed by atoms with E-state index in [1.807, 2.05) is 48.7 Å². The number of ketones is 1. The lowest BCUT2D eigenvalue weighted by molar-refractivity contribution is -0.170. The van der Waals surface area contributed by atoms with E-state index >= 15 is 0 Å². The predicted octanol–water partition coefficient (Wildman–Crippen LogP) is 7.66. The first-order chi connectivity index (χ1) is 19.8. The van der Waals surface area contributed by atoms with Crippen LogP contribution in [0.2, 0.25) is 5.02 Å². The average Bonchev–Trinajstić information content (AvgIpc) is 3.39. The number of ether oxygens (including phenoxy) is 3. The van der Waals surface area contributed by atoms with Crippen molar-refractivity contribution < 1.29 is 28.6 Å². The lowest BCUT2D eigenvalue weighted by Gasteiger charge is -2.29. The first-order valence-corrected chi connectivity index (χ1v) is 15.3. The van der Waals surface area contributed by atoms with Crippen molar-refractivity contribution in [2.45, 2.75) is 56.6 Å². The van der Waals surface area contributed by atoms with Crippen LogP contribution in [0.15, 0.2) is 77.7 Å². The molecule has 0 spiro atoms. The molecule has 1 aliphatic rings. The van der Waals surface area contributed by atoms with Gasteiger partial charge in [-0.25, -0.2) is 9.59 Å². The normalized spacial score (nSPS) is 17.1. The van der Waals surface area contributed by atoms with Crippen molar-refractivity contribution in [3.05, 3.63) is 88.9 Å². The maximum Gasteiger partial charge on any atom is 0.415 e. The Morgan fingerprint density at radius 1 is 0.881 bits per heavy atom. The molecule has 1 saturated heterocycles. The molecule has 222 valence electrons. The first-order valence-electron chi connectivity index (χ1n) is 13.7. The Balaban J connectivity index is 1.60. The smallest absolute Gasteiger partial charge is 0.415 e. The largest absolute Gasteiger partial charge is 0.476 e. The van der Waals surface area contributed by atoms with Gasteiger partial charge in [-0.05, 0) is 95.0 Å². The van der Waals surface area contributed by atoms with Gasteiger partial charge in [-0.15, -0.1) is 11.8 Å². The van der Waals surface area contributed by atoms with Crippen LogP contribution in [0.4, 0.5) is 4.79 Å². The SMILES string of the molecule is CSc1ccc(C(=O)[C@H]2CN(C(=O)Oc3ccc(Cl)cc3)C[C@@H]2c2cccc(OC(C)(C)C(=O)OC(C)(C)C)c2)cc1. The number of esters is 1. The number of carbonyl (C=O) groups excluding carboxylic acids is 3. The number of amides is 1. The summed E-state index contributed by atoms with van der Waals surface area (Å²) in [4.78, 5) is 42.4. The van der Waals surface area contributed by atoms with Crippen LogP contribution in [0.3, 0.4) is 0 Å². The van der Waals surface area contributed by atoms with Gasteiger partial charge in [-0.1, -0.05) is 35.9 Å². The molecule has 2 atom stereocenters. The van der Waals surface area contributed by atoms with Crippen LogP contribution < -0.4 is 9.47 Å². The zero-order valence-corrected chi connectivity index (χ0v) is 26.3. The summed E-state index contributed by atoms with van der Waals surface area (Å²) in [6, 6.07) is 21.3. The highest BCUT2D eigenvalue weighted by atomic mass is 35.5. The van der Waals surface area contributed by atoms with Gasteiger partial charge < -0.3 is 19.1 Å². The standard InChI is InChI=1S/C33H36ClNO6S/c1-32(2,3)41-30(37)33(4,5)40-25-9-7-8-22(18-25)27-19-35(31(38)39-24-14-12-23(34)13-15-24)20-28(27)29(36)21-10-16-26(42-6)17-11-21/h7-18,27-28H,19-20H2,1-6H3/t27-,28+/m1/s1. The van der Waals surface area contributed by atoms with E-state index in [-0.39, 0.29) is 24.8 Å². The lowest BCUT2D eigenvalue weighted by Crippen LogP contribution is -2.43. The van der Waals surface area contributed by atoms with Crippen molar-refractivity contribution in [1.29, 1.82) is 0 Å². The number of halogens is 1. The van der Waals surface area contributed by atoms with Crippen LogP contribution >= 0.6 is 23.4 Å². The number of nitrogens with zero attached hydrogens (tertiary/aromatic N) is 1. The van der Waals surface area contributed by atoms with Gasteiger partial charge in [0.25, 0.3) is 0 Å². The van der Waals surface area contributed by atoms with Gasteiger partial charge in [0, 0.05) is 40.4 Å². The summed E-state index contributed by atoms with van der Waals surface area (Å²) in [5.74, 6) is -0.570. The number of likely N-dealkylation sites (tertiary alicyclic amines) is 1. The summed E-state index contributed by atoms with van der Waals surface area (Å²) in [5, 5.41) is 0.533. The van der Waals surface area contributed by atoms with Crippen molar-refractivity contribution in [3.8, 4) is 11.5 Å². The molecule has 1 aliphatic heterocycles. The Kier molecular flexibility index (Phi) is 9.58. The van der Waals surface area contributed by atoms with E-state index < -0.39 is 29.2 Å². The predicted molar refractivity (Wildman–Crippen MR) is 165 cm³/mol. The van der Waals surface area contributed by atoms with Gasteiger partial charge in [0.2, 0.25) is 0 Å². The molecule has 0 saturated carbocycles. The molecule has 3 aromatic rings. The van der Waals surface area contributed by atoms with Crippen LogP contribution in [0.25, 0.3) is 0 Å². The fourth-order valence-corrected chi connectivity index (χ4v) is 5.27. The molecular weight excluding hydrogens is 574 g/mol. The molecule has 7 nitrogen and oxygen atoms in total. The highest BCUT2D eigenvalue weighted by molar-refractivity contribution is 7.98. The summed E-state index contributed by atoms with van der Waals surface area (Å²) in [7, 11) is 0. The fraction of sp³-hybridized carbons (Fsp3) is 0.364. The van der Waals surface area contributed by atoms with Gasteiger partial charge in [-0.3, -0.25) is 4.79 Å². The minimum atomic E-state index is -1.25. The van der Waals surface area contributed by atoms with E-state index in [4.69, 9.17) is 25.8 Å². The van der Waals surface area contributed by atoms with Gasteiger partial charge in [-0.2, -0.15) is 0 Å². The second-order valence-corrected chi connectivity index (χ2v) is 13.0. The zero-order chi connectivity index (χ0) is 30.7. The molecule has 4 rings (SSSR count). The maximum absolute atomic E-state index is 13.8. The quantitative estimate of drug-likeness (QED) is 0.147. The lowest BCUT2D eigenvalue weighted by atomic mass is 9.84. The number of Topliss-reactive ketones (excluding diaryl/α,β-unsaturated/α-hetero) is 1. The van der Waals surface area contributed by atoms with Crippen molar-refractivity contribution in [1.82, 2.24) is 4.90 Å². The summed E-state index contributed by atoms with van der Waals surface area (Å²) < 4.78 is 17.2. The fourth-order valence-electron chi connectivity index (χ4n) is 4.74. The topological polar surface area (TPSA) is 82.1 Å². The summed E-state index contributed by atoms with van der Waals surface area (Å²) in [6.45, 7) is 9.18. The highest BCUT2D eigenvalue weighted by Crippen LogP contribution is 2.37. The van der Waals surface area contributed by atoms with E-state index in [0.717, 1.165) is 10.5 Å². The van der Waals surface area contributed by atoms with Crippen LogP contribution in [-0.4, -0.2) is 53.3 Å². The third-order valence-corrected chi connectivity index (χ3v) is 7.85. The van der Waals surface area contributed by atoms with Crippen LogP contribution in [0, 0.1) is 5.92 Å². The molecule has 0 aliphatic carbocycles. The number of hydrogen-bond donors (Lipinski definition) is 0.